The summed E-state index contributed by atoms with van der Waals surface area (Å²) in [5.74, 6) is 1.25. The zero-order valence-electron chi connectivity index (χ0n) is 27.9. The molecule has 2 aliphatic rings. The first kappa shape index (κ1) is 36.9. The lowest BCUT2D eigenvalue weighted by Crippen LogP contribution is -2.46. The van der Waals surface area contributed by atoms with Crippen LogP contribution in [-0.2, 0) is 20.7 Å². The molecule has 2 aliphatic heterocycles. The third kappa shape index (κ3) is 9.71. The first-order valence-electron chi connectivity index (χ1n) is 15.6. The van der Waals surface area contributed by atoms with Gasteiger partial charge in [-0.2, -0.15) is 0 Å². The molecular weight excluding hydrogens is 608 g/mol. The third-order valence-electron chi connectivity index (χ3n) is 8.31. The number of likely N-dealkylation sites (N-methyl/N-ethyl adjacent to an activating group) is 1. The van der Waals surface area contributed by atoms with Gasteiger partial charge in [-0.3, -0.25) is 9.59 Å². The molecule has 252 valence electrons. The van der Waals surface area contributed by atoms with E-state index in [1.165, 1.54) is 53.1 Å². The monoisotopic (exact) mass is 656 g/mol. The molecule has 3 aromatic rings. The predicted molar refractivity (Wildman–Crippen MR) is 180 cm³/mol. The van der Waals surface area contributed by atoms with Gasteiger partial charge in [0.15, 0.2) is 0 Å². The summed E-state index contributed by atoms with van der Waals surface area (Å²) in [6, 6.07) is 7.59. The second-order valence-corrected chi connectivity index (χ2v) is 13.0. The Labute approximate surface area is 276 Å². The van der Waals surface area contributed by atoms with Crippen molar-refractivity contribution in [2.75, 3.05) is 65.6 Å². The van der Waals surface area contributed by atoms with E-state index >= 15 is 0 Å². The second-order valence-electron chi connectivity index (χ2n) is 12.0. The lowest BCUT2D eigenvalue weighted by molar-refractivity contribution is -0.115. The molecule has 0 aliphatic carbocycles. The maximum atomic E-state index is 13.5. The number of benzene rings is 1. The molecule has 4 heterocycles. The first-order valence-corrected chi connectivity index (χ1v) is 16.4. The average Bonchev–Trinajstić information content (AvgIpc) is 3.72. The normalized spacial score (nSPS) is 14.9. The number of methoxy groups -OCH3 is 1. The SMILES string of the molecule is CN1CCC1.COc1ccccc1CCN(C=O)c1sc(-c2ncco2)c(C)c1C(=O)N(C)C(C)(C)C=O.OCC1CCOCC1. The molecule has 1 aromatic carbocycles. The largest absolute Gasteiger partial charge is 0.496 e. The molecule has 5 rings (SSSR count). The van der Waals surface area contributed by atoms with E-state index in [0.717, 1.165) is 43.7 Å². The summed E-state index contributed by atoms with van der Waals surface area (Å²) in [4.78, 5) is 47.3. The van der Waals surface area contributed by atoms with Gasteiger partial charge in [-0.25, -0.2) is 4.98 Å². The molecule has 2 saturated heterocycles. The molecule has 0 atom stereocenters. The van der Waals surface area contributed by atoms with Gasteiger partial charge in [0, 0.05) is 33.4 Å². The molecule has 0 saturated carbocycles. The highest BCUT2D eigenvalue weighted by Gasteiger charge is 2.34. The van der Waals surface area contributed by atoms with Crippen LogP contribution in [0.1, 0.15) is 54.6 Å². The number of nitrogens with zero attached hydrogens (tertiary/aromatic N) is 4. The van der Waals surface area contributed by atoms with Crippen molar-refractivity contribution < 1.29 is 33.4 Å². The molecule has 11 nitrogen and oxygen atoms in total. The van der Waals surface area contributed by atoms with E-state index in [1.54, 1.807) is 34.9 Å². The van der Waals surface area contributed by atoms with Gasteiger partial charge in [0.05, 0.1) is 29.3 Å². The number of ether oxygens (including phenoxy) is 2. The van der Waals surface area contributed by atoms with E-state index in [9.17, 15) is 14.4 Å². The van der Waals surface area contributed by atoms with Crippen LogP contribution in [0.2, 0.25) is 0 Å². The number of carbonyl (C=O) groups is 3. The van der Waals surface area contributed by atoms with Crippen LogP contribution < -0.4 is 9.64 Å². The Bertz CT molecular complexity index is 1380. The number of aldehydes is 1. The quantitative estimate of drug-likeness (QED) is 0.292. The Kier molecular flexibility index (Phi) is 14.4. The summed E-state index contributed by atoms with van der Waals surface area (Å²) in [6.07, 6.45) is 8.43. The van der Waals surface area contributed by atoms with Crippen molar-refractivity contribution in [3.63, 3.8) is 0 Å². The standard InChI is InChI=1S/C24H27N3O5S.C6H12O2.C4H9N/c1-16-19(22(30)26(4)24(2,3)14-28)23(33-20(16)21-25-11-13-32-21)27(15-29)12-10-17-8-6-7-9-18(17)31-5;7-5-6-1-3-8-4-2-6;1-5-3-2-4-5/h6-9,11,13-15H,10,12H2,1-5H3;6-7H,1-5H2;2-4H2,1H3. The highest BCUT2D eigenvalue weighted by Crippen LogP contribution is 2.42. The molecular formula is C34H48N4O7S. The van der Waals surface area contributed by atoms with Gasteiger partial charge >= 0.3 is 0 Å². The van der Waals surface area contributed by atoms with Crippen molar-refractivity contribution >= 4 is 34.9 Å². The zero-order chi connectivity index (χ0) is 33.7. The van der Waals surface area contributed by atoms with Crippen LogP contribution in [-0.4, -0.2) is 105 Å². The number of thiophene rings is 1. The third-order valence-corrected chi connectivity index (χ3v) is 9.62. The van der Waals surface area contributed by atoms with Crippen LogP contribution in [0, 0.1) is 12.8 Å². The molecule has 46 heavy (non-hydrogen) atoms. The number of anilines is 1. The van der Waals surface area contributed by atoms with Crippen molar-refractivity contribution in [3.05, 3.63) is 53.4 Å². The minimum atomic E-state index is -1.02. The van der Waals surface area contributed by atoms with Crippen molar-refractivity contribution in [3.8, 4) is 16.5 Å². The second kappa shape index (κ2) is 17.9. The van der Waals surface area contributed by atoms with Crippen LogP contribution in [0.25, 0.3) is 10.8 Å². The van der Waals surface area contributed by atoms with Crippen molar-refractivity contribution in [1.29, 1.82) is 0 Å². The number of rotatable bonds is 11. The Morgan fingerprint density at radius 3 is 2.39 bits per heavy atom. The highest BCUT2D eigenvalue weighted by molar-refractivity contribution is 7.20. The number of amides is 2. The number of hydrogen-bond acceptors (Lipinski definition) is 10. The maximum absolute atomic E-state index is 13.5. The number of oxazole rings is 1. The lowest BCUT2D eigenvalue weighted by atomic mass is 10.0. The summed E-state index contributed by atoms with van der Waals surface area (Å²) in [5.41, 5.74) is 0.910. The molecule has 2 amide bonds. The number of hydrogen-bond donors (Lipinski definition) is 1. The van der Waals surface area contributed by atoms with Gasteiger partial charge < -0.3 is 38.5 Å². The molecule has 0 bridgehead atoms. The molecule has 12 heteroatoms. The van der Waals surface area contributed by atoms with E-state index in [-0.39, 0.29) is 5.91 Å². The number of aromatic nitrogens is 1. The molecule has 2 aromatic heterocycles. The molecule has 1 N–H and O–H groups in total. The average molecular weight is 657 g/mol. The minimum Gasteiger partial charge on any atom is -0.496 e. The van der Waals surface area contributed by atoms with Crippen LogP contribution in [0.4, 0.5) is 5.00 Å². The summed E-state index contributed by atoms with van der Waals surface area (Å²) in [7, 11) is 5.31. The van der Waals surface area contributed by atoms with E-state index in [0.29, 0.717) is 58.8 Å². The predicted octanol–water partition coefficient (Wildman–Crippen LogP) is 4.70. The Morgan fingerprint density at radius 2 is 1.89 bits per heavy atom. The number of aliphatic hydroxyl groups excluding tert-OH is 1. The van der Waals surface area contributed by atoms with Crippen LogP contribution >= 0.6 is 11.3 Å². The number of likely N-dealkylation sites (tertiary alicyclic amines) is 1. The molecule has 2 fully saturated rings. The van der Waals surface area contributed by atoms with Gasteiger partial charge in [-0.05, 0) is 89.7 Å². The number of carbonyl (C=O) groups excluding carboxylic acids is 3. The Balaban J connectivity index is 0.000000363. The maximum Gasteiger partial charge on any atom is 0.257 e. The smallest absolute Gasteiger partial charge is 0.257 e. The van der Waals surface area contributed by atoms with E-state index in [4.69, 9.17) is 19.0 Å². The van der Waals surface area contributed by atoms with Crippen LogP contribution in [0.5, 0.6) is 5.75 Å². The molecule has 0 radical (unpaired) electrons. The first-order chi connectivity index (χ1) is 22.1. The summed E-state index contributed by atoms with van der Waals surface area (Å²) >= 11 is 1.26. The topological polar surface area (TPSA) is 126 Å². The number of para-hydroxylation sites is 1. The molecule has 0 spiro atoms. The lowest BCUT2D eigenvalue weighted by Gasteiger charge is -2.31. The summed E-state index contributed by atoms with van der Waals surface area (Å²) < 4.78 is 16.0. The summed E-state index contributed by atoms with van der Waals surface area (Å²) in [5, 5.41) is 9.11. The fourth-order valence-electron chi connectivity index (χ4n) is 4.76. The van der Waals surface area contributed by atoms with Gasteiger partial charge in [0.2, 0.25) is 12.3 Å². The van der Waals surface area contributed by atoms with E-state index < -0.39 is 5.54 Å². The highest BCUT2D eigenvalue weighted by atomic mass is 32.1. The fourth-order valence-corrected chi connectivity index (χ4v) is 5.99. The van der Waals surface area contributed by atoms with Crippen LogP contribution in [0.3, 0.4) is 0 Å². The Morgan fingerprint density at radius 1 is 1.22 bits per heavy atom. The van der Waals surface area contributed by atoms with E-state index in [2.05, 4.69) is 16.9 Å². The molecule has 0 unspecified atom stereocenters. The van der Waals surface area contributed by atoms with Gasteiger partial charge in [0.1, 0.15) is 23.3 Å². The fraction of sp³-hybridized carbons (Fsp3) is 0.529. The van der Waals surface area contributed by atoms with E-state index in [1.807, 2.05) is 24.3 Å². The van der Waals surface area contributed by atoms with Gasteiger partial charge in [0.25, 0.3) is 5.91 Å². The van der Waals surface area contributed by atoms with Gasteiger partial charge in [-0.1, -0.05) is 18.2 Å². The van der Waals surface area contributed by atoms with Crippen LogP contribution in [0.15, 0.2) is 41.1 Å². The van der Waals surface area contributed by atoms with Gasteiger partial charge in [-0.15, -0.1) is 11.3 Å². The zero-order valence-corrected chi connectivity index (χ0v) is 28.7. The van der Waals surface area contributed by atoms with Crippen molar-refractivity contribution in [2.24, 2.45) is 5.92 Å². The minimum absolute atomic E-state index is 0.329. The van der Waals surface area contributed by atoms with Crippen molar-refractivity contribution in [1.82, 2.24) is 14.8 Å². The number of aliphatic hydroxyl groups is 1. The summed E-state index contributed by atoms with van der Waals surface area (Å²) in [6.45, 7) is 10.1. The Hall–Kier alpha value is -3.58. The van der Waals surface area contributed by atoms with Crippen molar-refractivity contribution in [2.45, 2.75) is 52.0 Å².